The van der Waals surface area contributed by atoms with Crippen molar-refractivity contribution in [2.24, 2.45) is 0 Å². The van der Waals surface area contributed by atoms with Crippen LogP contribution in [-0.4, -0.2) is 9.67 Å². The molecule has 1 N–H and O–H groups in total. The maximum atomic E-state index is 11.8. The van der Waals surface area contributed by atoms with Crippen molar-refractivity contribution in [1.29, 1.82) is 0 Å². The zero-order chi connectivity index (χ0) is 15.8. The fraction of sp³-hybridized carbons (Fsp3) is 0.154. The third-order valence-electron chi connectivity index (χ3n) is 2.19. The van der Waals surface area contributed by atoms with Gasteiger partial charge in [-0.2, -0.15) is 0 Å². The maximum Gasteiger partial charge on any atom is 0.255 e. The van der Waals surface area contributed by atoms with E-state index in [0.29, 0.717) is 5.69 Å². The second kappa shape index (κ2) is 4.33. The van der Waals surface area contributed by atoms with Crippen LogP contribution in [0.1, 0.15) is 18.0 Å². The first-order chi connectivity index (χ1) is 9.59. The summed E-state index contributed by atoms with van der Waals surface area (Å²) >= 11 is 0. The molecule has 0 bridgehead atoms. The van der Waals surface area contributed by atoms with E-state index < -0.39 is 19.0 Å². The van der Waals surface area contributed by atoms with E-state index in [9.17, 15) is 9.90 Å². The maximum absolute atomic E-state index is 11.8. The molecule has 0 saturated carbocycles. The molecule has 1 aromatic carbocycles. The van der Waals surface area contributed by atoms with Crippen molar-refractivity contribution >= 4 is 0 Å². The molecule has 0 fully saturated rings. The van der Waals surface area contributed by atoms with Gasteiger partial charge in [0, 0.05) is 22.1 Å². The van der Waals surface area contributed by atoms with E-state index >= 15 is 0 Å². The first kappa shape index (κ1) is 6.01. The first-order valence-corrected chi connectivity index (χ1v) is 4.65. The lowest BCUT2D eigenvalue weighted by molar-refractivity contribution is 0.281. The monoisotopic (exact) mass is 220 g/mol. The number of hydrogen-bond acceptors (Lipinski definition) is 2. The molecule has 1 heterocycles. The molecular formula is C13H13NO2. The second-order valence-corrected chi connectivity index (χ2v) is 3.28. The lowest BCUT2D eigenvalue weighted by Gasteiger charge is -2.07. The molecule has 0 radical (unpaired) electrons. The zero-order valence-corrected chi connectivity index (χ0v) is 8.34. The molecule has 0 amide bonds. The Balaban J connectivity index is 2.49. The van der Waals surface area contributed by atoms with Crippen LogP contribution in [0.4, 0.5) is 0 Å². The predicted octanol–water partition coefficient (Wildman–Crippen LogP) is 1.64. The smallest absolute Gasteiger partial charge is 0.255 e. The molecule has 2 rings (SSSR count). The largest absolute Gasteiger partial charge is 0.392 e. The minimum Gasteiger partial charge on any atom is -0.392 e. The number of benzene rings is 1. The van der Waals surface area contributed by atoms with Gasteiger partial charge in [-0.25, -0.2) is 0 Å². The molecule has 82 valence electrons. The normalized spacial score (nSPS) is 16.7. The Labute approximate surface area is 101 Å². The predicted molar refractivity (Wildman–Crippen MR) is 62.7 cm³/mol. The van der Waals surface area contributed by atoms with Crippen LogP contribution in [0.25, 0.3) is 5.69 Å². The lowest BCUT2D eigenvalue weighted by Crippen LogP contribution is -2.17. The third-order valence-corrected chi connectivity index (χ3v) is 2.19. The highest BCUT2D eigenvalue weighted by Crippen LogP contribution is 2.08. The summed E-state index contributed by atoms with van der Waals surface area (Å²) in [6.45, 7) is -4.79. The summed E-state index contributed by atoms with van der Waals surface area (Å²) < 4.78 is 37.5. The van der Waals surface area contributed by atoms with Crippen molar-refractivity contribution in [1.82, 2.24) is 4.57 Å². The summed E-state index contributed by atoms with van der Waals surface area (Å²) in [5.41, 5.74) is 0.0543. The molecule has 2 aromatic rings. The Morgan fingerprint density at radius 3 is 2.69 bits per heavy atom. The van der Waals surface area contributed by atoms with Crippen LogP contribution in [0, 0.1) is 6.85 Å². The lowest BCUT2D eigenvalue weighted by atomic mass is 10.2. The number of aliphatic hydroxyl groups is 1. The van der Waals surface area contributed by atoms with E-state index in [1.807, 2.05) is 0 Å². The van der Waals surface area contributed by atoms with Crippen molar-refractivity contribution in [2.45, 2.75) is 13.4 Å². The van der Waals surface area contributed by atoms with Gasteiger partial charge >= 0.3 is 0 Å². The van der Waals surface area contributed by atoms with Gasteiger partial charge in [-0.05, 0) is 30.6 Å². The van der Waals surface area contributed by atoms with Gasteiger partial charge in [-0.15, -0.1) is 0 Å². The Kier molecular flexibility index (Phi) is 1.63. The number of pyridine rings is 1. The summed E-state index contributed by atoms with van der Waals surface area (Å²) in [5, 5.41) is 9.35. The van der Waals surface area contributed by atoms with Crippen molar-refractivity contribution in [3.8, 4) is 5.69 Å². The summed E-state index contributed by atoms with van der Waals surface area (Å²) in [7, 11) is 0. The summed E-state index contributed by atoms with van der Waals surface area (Å²) in [6, 6.07) is 8.03. The van der Waals surface area contributed by atoms with E-state index in [2.05, 4.69) is 0 Å². The highest BCUT2D eigenvalue weighted by Gasteiger charge is 2.00. The summed E-state index contributed by atoms with van der Waals surface area (Å²) in [5.74, 6) is 0. The fourth-order valence-electron chi connectivity index (χ4n) is 1.38. The quantitative estimate of drug-likeness (QED) is 0.836. The van der Waals surface area contributed by atoms with Crippen LogP contribution >= 0.6 is 0 Å². The minimum absolute atomic E-state index is 0.0676. The average molecular weight is 220 g/mol. The standard InChI is InChI=1S/C13H13NO2/c1-10-2-5-12(6-3-10)14-8-11(9-15)4-7-13(14)16/h2-8,15H,9H2,1H3/i1D3,9D2. The highest BCUT2D eigenvalue weighted by atomic mass is 16.3. The SMILES string of the molecule is [2H]C([2H])([2H])c1ccc(-n2cc(C([2H])([2H])O)ccc2=O)cc1. The van der Waals surface area contributed by atoms with Gasteiger partial charge in [0.15, 0.2) is 0 Å². The van der Waals surface area contributed by atoms with E-state index in [0.717, 1.165) is 10.6 Å². The number of hydrogen-bond donors (Lipinski definition) is 1. The van der Waals surface area contributed by atoms with Crippen molar-refractivity contribution in [3.05, 3.63) is 64.1 Å². The molecule has 0 unspecified atom stereocenters. The van der Waals surface area contributed by atoms with Gasteiger partial charge in [-0.3, -0.25) is 9.36 Å². The van der Waals surface area contributed by atoms with Gasteiger partial charge in [0.2, 0.25) is 0 Å². The first-order valence-electron chi connectivity index (χ1n) is 7.15. The zero-order valence-electron chi connectivity index (χ0n) is 13.3. The molecule has 3 nitrogen and oxygen atoms in total. The van der Waals surface area contributed by atoms with Crippen LogP contribution in [0.15, 0.2) is 47.4 Å². The Morgan fingerprint density at radius 2 is 2.06 bits per heavy atom. The molecule has 0 aliphatic rings. The van der Waals surface area contributed by atoms with E-state index in [1.54, 1.807) is 0 Å². The van der Waals surface area contributed by atoms with Crippen LogP contribution in [0.3, 0.4) is 0 Å². The number of nitrogens with zero attached hydrogens (tertiary/aromatic N) is 1. The number of aryl methyl sites for hydroxylation is 1. The van der Waals surface area contributed by atoms with Crippen LogP contribution in [0.2, 0.25) is 0 Å². The van der Waals surface area contributed by atoms with Crippen LogP contribution in [0.5, 0.6) is 0 Å². The van der Waals surface area contributed by atoms with Gasteiger partial charge in [0.05, 0.1) is 9.30 Å². The van der Waals surface area contributed by atoms with Crippen LogP contribution in [-0.2, 0) is 6.56 Å². The third kappa shape index (κ3) is 2.04. The average Bonchev–Trinajstić information content (AvgIpc) is 2.37. The van der Waals surface area contributed by atoms with Crippen molar-refractivity contribution in [2.75, 3.05) is 0 Å². The molecule has 0 aliphatic carbocycles. The van der Waals surface area contributed by atoms with Gasteiger partial charge in [-0.1, -0.05) is 17.7 Å². The molecule has 3 heteroatoms. The molecule has 0 saturated heterocycles. The topological polar surface area (TPSA) is 42.2 Å². The van der Waals surface area contributed by atoms with E-state index in [-0.39, 0.29) is 11.1 Å². The number of rotatable bonds is 2. The molecule has 0 aliphatic heterocycles. The van der Waals surface area contributed by atoms with Gasteiger partial charge < -0.3 is 5.11 Å². The van der Waals surface area contributed by atoms with Crippen LogP contribution < -0.4 is 5.56 Å². The number of aromatic nitrogens is 1. The summed E-state index contributed by atoms with van der Waals surface area (Å²) in [6.07, 6.45) is 1.19. The minimum atomic E-state index is -2.56. The molecule has 0 spiro atoms. The second-order valence-electron chi connectivity index (χ2n) is 3.28. The Hall–Kier alpha value is -1.87. The molecule has 0 atom stereocenters. The fourth-order valence-corrected chi connectivity index (χ4v) is 1.38. The van der Waals surface area contributed by atoms with E-state index in [1.165, 1.54) is 36.5 Å². The van der Waals surface area contributed by atoms with Gasteiger partial charge in [0.1, 0.15) is 0 Å². The van der Waals surface area contributed by atoms with Crippen molar-refractivity contribution in [3.63, 3.8) is 0 Å². The van der Waals surface area contributed by atoms with Gasteiger partial charge in [0.25, 0.3) is 5.56 Å². The molecule has 1 aromatic heterocycles. The van der Waals surface area contributed by atoms with Crippen molar-refractivity contribution < 1.29 is 12.0 Å². The molecular weight excluding hydrogens is 202 g/mol. The molecule has 16 heavy (non-hydrogen) atoms. The Bertz CT molecular complexity index is 698. The summed E-state index contributed by atoms with van der Waals surface area (Å²) in [4.78, 5) is 11.8. The van der Waals surface area contributed by atoms with E-state index in [4.69, 9.17) is 6.85 Å². The Morgan fingerprint density at radius 1 is 1.31 bits per heavy atom. The highest BCUT2D eigenvalue weighted by molar-refractivity contribution is 5.35.